The first-order valence-electron chi connectivity index (χ1n) is 9.86. The zero-order valence-electron chi connectivity index (χ0n) is 16.7. The first-order chi connectivity index (χ1) is 14.0. The van der Waals surface area contributed by atoms with Crippen molar-refractivity contribution in [3.05, 3.63) is 51.8 Å². The number of hydrogen-bond acceptors (Lipinski definition) is 5. The maximum atomic E-state index is 12.5. The number of fused-ring (bicyclic) bond motifs is 1. The number of hydrogen-bond donors (Lipinski definition) is 2. The van der Waals surface area contributed by atoms with Gasteiger partial charge >= 0.3 is 5.97 Å². The minimum atomic E-state index is -1.19. The van der Waals surface area contributed by atoms with Crippen LogP contribution in [-0.2, 0) is 0 Å². The van der Waals surface area contributed by atoms with Crippen molar-refractivity contribution >= 4 is 17.7 Å². The molecule has 3 aromatic rings. The SMILES string of the molecule is CCCCCCC/C=C/c1cc(=O)n2nc(-c3nccnc3C)c(C(=O)O)c2[nH]1. The summed E-state index contributed by atoms with van der Waals surface area (Å²) in [6.45, 7) is 3.90. The predicted octanol–water partition coefficient (Wildman–Crippen LogP) is 3.86. The largest absolute Gasteiger partial charge is 0.477 e. The highest BCUT2D eigenvalue weighted by molar-refractivity contribution is 6.01. The van der Waals surface area contributed by atoms with Crippen molar-refractivity contribution in [2.45, 2.75) is 52.4 Å². The van der Waals surface area contributed by atoms with E-state index in [2.05, 4.69) is 27.0 Å². The summed E-state index contributed by atoms with van der Waals surface area (Å²) in [5.74, 6) is -1.19. The average Bonchev–Trinajstić information content (AvgIpc) is 3.08. The second kappa shape index (κ2) is 9.27. The van der Waals surface area contributed by atoms with Gasteiger partial charge in [-0.15, -0.1) is 0 Å². The minimum Gasteiger partial charge on any atom is -0.477 e. The van der Waals surface area contributed by atoms with Gasteiger partial charge in [0.15, 0.2) is 5.65 Å². The molecule has 2 N–H and O–H groups in total. The lowest BCUT2D eigenvalue weighted by Gasteiger charge is -2.01. The first kappa shape index (κ1) is 20.4. The van der Waals surface area contributed by atoms with Crippen LogP contribution in [0.2, 0.25) is 0 Å². The molecule has 0 bridgehead atoms. The van der Waals surface area contributed by atoms with Gasteiger partial charge in [0.1, 0.15) is 17.0 Å². The highest BCUT2D eigenvalue weighted by Gasteiger charge is 2.24. The molecule has 8 heteroatoms. The topological polar surface area (TPSA) is 113 Å². The van der Waals surface area contributed by atoms with Crippen LogP contribution in [0.1, 0.15) is 67.2 Å². The van der Waals surface area contributed by atoms with E-state index in [1.54, 1.807) is 6.92 Å². The van der Waals surface area contributed by atoms with Gasteiger partial charge in [-0.25, -0.2) is 4.79 Å². The Hall–Kier alpha value is -3.29. The minimum absolute atomic E-state index is 0.0967. The Labute approximate surface area is 168 Å². The van der Waals surface area contributed by atoms with E-state index in [0.717, 1.165) is 17.4 Å². The van der Waals surface area contributed by atoms with Gasteiger partial charge < -0.3 is 10.1 Å². The van der Waals surface area contributed by atoms with E-state index in [1.807, 2.05) is 12.2 Å². The lowest BCUT2D eigenvalue weighted by Crippen LogP contribution is -2.15. The Kier molecular flexibility index (Phi) is 6.54. The summed E-state index contributed by atoms with van der Waals surface area (Å²) in [5, 5.41) is 14.0. The van der Waals surface area contributed by atoms with Crippen LogP contribution in [0.5, 0.6) is 0 Å². The molecule has 0 aliphatic heterocycles. The fourth-order valence-electron chi connectivity index (χ4n) is 3.23. The number of aromatic carboxylic acids is 1. The van der Waals surface area contributed by atoms with E-state index < -0.39 is 11.5 Å². The molecule has 152 valence electrons. The van der Waals surface area contributed by atoms with Crippen molar-refractivity contribution in [1.29, 1.82) is 0 Å². The van der Waals surface area contributed by atoms with E-state index in [9.17, 15) is 14.7 Å². The Morgan fingerprint density at radius 1 is 1.17 bits per heavy atom. The number of aryl methyl sites for hydroxylation is 1. The van der Waals surface area contributed by atoms with Gasteiger partial charge in [-0.05, 0) is 25.8 Å². The number of aromatic nitrogens is 5. The number of carboxylic acid groups (broad SMARTS) is 1. The highest BCUT2D eigenvalue weighted by atomic mass is 16.4. The van der Waals surface area contributed by atoms with Gasteiger partial charge in [0.25, 0.3) is 5.56 Å². The quantitative estimate of drug-likeness (QED) is 0.532. The average molecular weight is 395 g/mol. The van der Waals surface area contributed by atoms with Gasteiger partial charge in [0, 0.05) is 24.2 Å². The van der Waals surface area contributed by atoms with E-state index in [1.165, 1.54) is 44.1 Å². The standard InChI is InChI=1S/C21H25N5O3/c1-3-4-5-6-7-8-9-10-15-13-16(27)26-20(24-15)17(21(28)29)19(25-26)18-14(2)22-11-12-23-18/h9-13,24H,3-8H2,1-2H3,(H,28,29)/b10-9+. The molecule has 8 nitrogen and oxygen atoms in total. The molecule has 29 heavy (non-hydrogen) atoms. The molecule has 0 saturated carbocycles. The smallest absolute Gasteiger partial charge is 0.341 e. The van der Waals surface area contributed by atoms with Crippen LogP contribution >= 0.6 is 0 Å². The van der Waals surface area contributed by atoms with Crippen LogP contribution in [0.4, 0.5) is 0 Å². The summed E-state index contributed by atoms with van der Waals surface area (Å²) in [6.07, 6.45) is 13.7. The summed E-state index contributed by atoms with van der Waals surface area (Å²) >= 11 is 0. The van der Waals surface area contributed by atoms with Crippen LogP contribution in [0.25, 0.3) is 23.1 Å². The zero-order chi connectivity index (χ0) is 20.8. The second-order valence-electron chi connectivity index (χ2n) is 6.95. The summed E-state index contributed by atoms with van der Waals surface area (Å²) in [6, 6.07) is 1.41. The van der Waals surface area contributed by atoms with Crippen molar-refractivity contribution in [3.63, 3.8) is 0 Å². The van der Waals surface area contributed by atoms with Crippen LogP contribution < -0.4 is 5.56 Å². The zero-order valence-corrected chi connectivity index (χ0v) is 16.7. The number of rotatable bonds is 9. The molecule has 0 aliphatic rings. The van der Waals surface area contributed by atoms with Crippen LogP contribution in [0.15, 0.2) is 29.3 Å². The van der Waals surface area contributed by atoms with Crippen molar-refractivity contribution < 1.29 is 9.90 Å². The number of nitrogens with zero attached hydrogens (tertiary/aromatic N) is 4. The number of allylic oxidation sites excluding steroid dienone is 1. The summed E-state index contributed by atoms with van der Waals surface area (Å²) < 4.78 is 1.06. The third-order valence-electron chi connectivity index (χ3n) is 4.73. The molecule has 0 fully saturated rings. The number of unbranched alkanes of at least 4 members (excludes halogenated alkanes) is 5. The maximum Gasteiger partial charge on any atom is 0.341 e. The summed E-state index contributed by atoms with van der Waals surface area (Å²) in [5.41, 5.74) is 1.17. The van der Waals surface area contributed by atoms with E-state index in [4.69, 9.17) is 0 Å². The fourth-order valence-corrected chi connectivity index (χ4v) is 3.23. The molecule has 0 aromatic carbocycles. The van der Waals surface area contributed by atoms with Gasteiger partial charge in [-0.1, -0.05) is 38.7 Å². The number of nitrogens with one attached hydrogen (secondary N) is 1. The van der Waals surface area contributed by atoms with Gasteiger partial charge in [-0.2, -0.15) is 9.61 Å². The third-order valence-corrected chi connectivity index (χ3v) is 4.73. The molecule has 0 atom stereocenters. The predicted molar refractivity (Wildman–Crippen MR) is 111 cm³/mol. The van der Waals surface area contributed by atoms with Crippen molar-refractivity contribution in [2.75, 3.05) is 0 Å². The Morgan fingerprint density at radius 2 is 1.93 bits per heavy atom. The summed E-state index contributed by atoms with van der Waals surface area (Å²) in [4.78, 5) is 35.8. The lowest BCUT2D eigenvalue weighted by molar-refractivity contribution is 0.0699. The molecule has 0 spiro atoms. The molecule has 3 heterocycles. The summed E-state index contributed by atoms with van der Waals surface area (Å²) in [7, 11) is 0. The molecule has 0 aliphatic carbocycles. The lowest BCUT2D eigenvalue weighted by atomic mass is 10.1. The number of H-pyrrole nitrogens is 1. The molecule has 3 rings (SSSR count). The number of carbonyl (C=O) groups is 1. The first-order valence-corrected chi connectivity index (χ1v) is 9.86. The molecule has 0 amide bonds. The van der Waals surface area contributed by atoms with Gasteiger partial charge in [0.2, 0.25) is 0 Å². The van der Waals surface area contributed by atoms with E-state index in [-0.39, 0.29) is 16.9 Å². The molecule has 3 aromatic heterocycles. The van der Waals surface area contributed by atoms with Crippen LogP contribution in [0, 0.1) is 6.92 Å². The van der Waals surface area contributed by atoms with Crippen molar-refractivity contribution in [3.8, 4) is 11.4 Å². The van der Waals surface area contributed by atoms with Crippen molar-refractivity contribution in [1.82, 2.24) is 24.6 Å². The molecular weight excluding hydrogens is 370 g/mol. The second-order valence-corrected chi connectivity index (χ2v) is 6.95. The van der Waals surface area contributed by atoms with E-state index in [0.29, 0.717) is 17.1 Å². The van der Waals surface area contributed by atoms with Crippen molar-refractivity contribution in [2.24, 2.45) is 0 Å². The molecular formula is C21H25N5O3. The highest BCUT2D eigenvalue weighted by Crippen LogP contribution is 2.25. The molecule has 0 unspecified atom stereocenters. The molecule has 0 radical (unpaired) electrons. The third kappa shape index (κ3) is 4.59. The van der Waals surface area contributed by atoms with Crippen LogP contribution in [0.3, 0.4) is 0 Å². The number of carboxylic acids is 1. The Morgan fingerprint density at radius 3 is 2.66 bits per heavy atom. The van der Waals surface area contributed by atoms with Gasteiger partial charge in [-0.3, -0.25) is 14.8 Å². The van der Waals surface area contributed by atoms with Gasteiger partial charge in [0.05, 0.1) is 5.69 Å². The monoisotopic (exact) mass is 395 g/mol. The number of aromatic amines is 1. The fraction of sp³-hybridized carbons (Fsp3) is 0.381. The Bertz CT molecular complexity index is 1100. The maximum absolute atomic E-state index is 12.5. The van der Waals surface area contributed by atoms with E-state index >= 15 is 0 Å². The molecule has 0 saturated heterocycles. The normalized spacial score (nSPS) is 11.5. The Balaban J connectivity index is 1.95. The van der Waals surface area contributed by atoms with Crippen LogP contribution in [-0.4, -0.2) is 35.6 Å².